The fourth-order valence-electron chi connectivity index (χ4n) is 3.08. The van der Waals surface area contributed by atoms with Gasteiger partial charge in [-0.3, -0.25) is 0 Å². The highest BCUT2D eigenvalue weighted by molar-refractivity contribution is 7.91. The second-order valence-electron chi connectivity index (χ2n) is 6.54. The van der Waals surface area contributed by atoms with Gasteiger partial charge in [0, 0.05) is 43.6 Å². The molecule has 1 unspecified atom stereocenters. The van der Waals surface area contributed by atoms with E-state index in [9.17, 15) is 13.2 Å². The lowest BCUT2D eigenvalue weighted by Gasteiger charge is -2.34. The Hall–Kier alpha value is -1.80. The third kappa shape index (κ3) is 4.39. The van der Waals surface area contributed by atoms with E-state index in [1.54, 1.807) is 0 Å². The number of amides is 2. The van der Waals surface area contributed by atoms with Crippen molar-refractivity contribution in [1.82, 2.24) is 10.2 Å². The zero-order chi connectivity index (χ0) is 17.2. The van der Waals surface area contributed by atoms with Crippen molar-refractivity contribution in [3.63, 3.8) is 0 Å². The molecule has 1 aromatic carbocycles. The summed E-state index contributed by atoms with van der Waals surface area (Å²) < 4.78 is 22.8. The Bertz CT molecular complexity index is 682. The molecule has 2 saturated heterocycles. The minimum atomic E-state index is -2.99. The fraction of sp³-hybridized carbons (Fsp3) is 0.562. The third-order valence-electron chi connectivity index (χ3n) is 4.56. The second kappa shape index (κ2) is 6.98. The number of anilines is 2. The van der Waals surface area contributed by atoms with Crippen LogP contribution in [0.2, 0.25) is 0 Å². The van der Waals surface area contributed by atoms with Crippen molar-refractivity contribution >= 4 is 27.2 Å². The third-order valence-corrected chi connectivity index (χ3v) is 6.33. The first kappa shape index (κ1) is 17.0. The molecule has 0 aliphatic carbocycles. The summed E-state index contributed by atoms with van der Waals surface area (Å²) in [5, 5.41) is 5.48. The molecule has 0 aromatic heterocycles. The van der Waals surface area contributed by atoms with E-state index in [4.69, 9.17) is 0 Å². The Morgan fingerprint density at radius 1 is 1.12 bits per heavy atom. The van der Waals surface area contributed by atoms with Crippen LogP contribution in [-0.2, 0) is 9.84 Å². The number of rotatable bonds is 3. The maximum Gasteiger partial charge on any atom is 0.319 e. The smallest absolute Gasteiger partial charge is 0.319 e. The Morgan fingerprint density at radius 3 is 2.38 bits per heavy atom. The number of nitrogens with zero attached hydrogens (tertiary/aromatic N) is 2. The van der Waals surface area contributed by atoms with Gasteiger partial charge in [0.1, 0.15) is 0 Å². The maximum absolute atomic E-state index is 12.0. The predicted octanol–water partition coefficient (Wildman–Crippen LogP) is 0.747. The van der Waals surface area contributed by atoms with Crippen LogP contribution < -0.4 is 15.5 Å². The molecule has 0 saturated carbocycles. The molecule has 2 fully saturated rings. The highest BCUT2D eigenvalue weighted by Gasteiger charge is 2.28. The Kier molecular flexibility index (Phi) is 4.96. The Labute approximate surface area is 142 Å². The van der Waals surface area contributed by atoms with Crippen LogP contribution in [0, 0.1) is 0 Å². The van der Waals surface area contributed by atoms with Crippen molar-refractivity contribution in [3.05, 3.63) is 24.3 Å². The lowest BCUT2D eigenvalue weighted by atomic mass is 10.2. The van der Waals surface area contributed by atoms with Gasteiger partial charge in [0.05, 0.1) is 11.5 Å². The molecule has 24 heavy (non-hydrogen) atoms. The van der Waals surface area contributed by atoms with E-state index in [0.29, 0.717) is 12.1 Å². The number of hydrogen-bond donors (Lipinski definition) is 2. The van der Waals surface area contributed by atoms with E-state index < -0.39 is 9.84 Å². The molecular formula is C16H24N4O3S. The molecule has 2 N–H and O–H groups in total. The summed E-state index contributed by atoms with van der Waals surface area (Å²) in [6.07, 6.45) is 0.484. The number of sulfone groups is 1. The first-order chi connectivity index (χ1) is 11.4. The molecule has 2 aliphatic heterocycles. The highest BCUT2D eigenvalue weighted by atomic mass is 32.2. The Morgan fingerprint density at radius 2 is 1.79 bits per heavy atom. The molecule has 2 aliphatic rings. The van der Waals surface area contributed by atoms with E-state index in [0.717, 1.165) is 31.9 Å². The van der Waals surface area contributed by atoms with Gasteiger partial charge < -0.3 is 20.4 Å². The van der Waals surface area contributed by atoms with E-state index >= 15 is 0 Å². The van der Waals surface area contributed by atoms with Crippen LogP contribution in [-0.4, -0.2) is 70.1 Å². The first-order valence-corrected chi connectivity index (χ1v) is 10.0. The van der Waals surface area contributed by atoms with Crippen molar-refractivity contribution in [1.29, 1.82) is 0 Å². The van der Waals surface area contributed by atoms with E-state index in [2.05, 4.69) is 27.5 Å². The van der Waals surface area contributed by atoms with Crippen molar-refractivity contribution in [2.75, 3.05) is 54.9 Å². The zero-order valence-electron chi connectivity index (χ0n) is 13.9. The molecular weight excluding hydrogens is 328 g/mol. The summed E-state index contributed by atoms with van der Waals surface area (Å²) >= 11 is 0. The topological polar surface area (TPSA) is 81.8 Å². The molecule has 0 radical (unpaired) electrons. The summed E-state index contributed by atoms with van der Waals surface area (Å²) in [5.41, 5.74) is 1.85. The number of carbonyl (C=O) groups is 1. The molecule has 132 valence electrons. The minimum Gasteiger partial charge on any atom is -0.369 e. The van der Waals surface area contributed by atoms with Crippen molar-refractivity contribution < 1.29 is 13.2 Å². The van der Waals surface area contributed by atoms with Crippen molar-refractivity contribution in [2.24, 2.45) is 0 Å². The van der Waals surface area contributed by atoms with Gasteiger partial charge in [0.25, 0.3) is 0 Å². The number of urea groups is 1. The van der Waals surface area contributed by atoms with Gasteiger partial charge in [-0.2, -0.15) is 0 Å². The lowest BCUT2D eigenvalue weighted by Crippen LogP contribution is -2.44. The average molecular weight is 352 g/mol. The number of piperazine rings is 1. The zero-order valence-corrected chi connectivity index (χ0v) is 14.7. The summed E-state index contributed by atoms with van der Waals surface area (Å²) in [7, 11) is -0.864. The molecule has 1 aromatic rings. The van der Waals surface area contributed by atoms with Crippen LogP contribution in [0.25, 0.3) is 0 Å². The van der Waals surface area contributed by atoms with E-state index in [-0.39, 0.29) is 23.6 Å². The summed E-state index contributed by atoms with van der Waals surface area (Å²) in [6, 6.07) is 7.10. The van der Waals surface area contributed by atoms with Crippen LogP contribution in [0.5, 0.6) is 0 Å². The molecule has 3 rings (SSSR count). The average Bonchev–Trinajstić information content (AvgIpc) is 2.87. The van der Waals surface area contributed by atoms with Crippen LogP contribution in [0.4, 0.5) is 16.2 Å². The van der Waals surface area contributed by atoms with E-state index in [1.165, 1.54) is 0 Å². The normalized spacial score (nSPS) is 23.9. The van der Waals surface area contributed by atoms with Crippen LogP contribution in [0.15, 0.2) is 24.3 Å². The van der Waals surface area contributed by atoms with Gasteiger partial charge in [-0.15, -0.1) is 0 Å². The SMILES string of the molecule is CN1CCN(c2ccc(NC(=O)NC3CCS(=O)(=O)C3)cc2)CC1. The fourth-order valence-corrected chi connectivity index (χ4v) is 4.76. The van der Waals surface area contributed by atoms with Crippen LogP contribution in [0.1, 0.15) is 6.42 Å². The number of likely N-dealkylation sites (N-methyl/N-ethyl adjacent to an activating group) is 1. The van der Waals surface area contributed by atoms with Crippen LogP contribution in [0.3, 0.4) is 0 Å². The number of carbonyl (C=O) groups excluding carboxylic acids is 1. The Balaban J connectivity index is 1.51. The van der Waals surface area contributed by atoms with Gasteiger partial charge >= 0.3 is 6.03 Å². The van der Waals surface area contributed by atoms with Crippen LogP contribution >= 0.6 is 0 Å². The van der Waals surface area contributed by atoms with Crippen molar-refractivity contribution in [3.8, 4) is 0 Å². The van der Waals surface area contributed by atoms with Crippen molar-refractivity contribution in [2.45, 2.75) is 12.5 Å². The number of benzene rings is 1. The predicted molar refractivity (Wildman–Crippen MR) is 95.4 cm³/mol. The standard InChI is InChI=1S/C16H24N4O3S/c1-19-7-9-20(10-8-19)15-4-2-13(3-5-15)17-16(21)18-14-6-11-24(22,23)12-14/h2-5,14H,6-12H2,1H3,(H2,17,18,21). The molecule has 7 nitrogen and oxygen atoms in total. The second-order valence-corrected chi connectivity index (χ2v) is 8.76. The molecule has 2 heterocycles. The summed E-state index contributed by atoms with van der Waals surface area (Å²) in [4.78, 5) is 16.6. The summed E-state index contributed by atoms with van der Waals surface area (Å²) in [6.45, 7) is 4.10. The van der Waals surface area contributed by atoms with E-state index in [1.807, 2.05) is 24.3 Å². The largest absolute Gasteiger partial charge is 0.369 e. The quantitative estimate of drug-likeness (QED) is 0.839. The number of nitrogens with one attached hydrogen (secondary N) is 2. The number of hydrogen-bond acceptors (Lipinski definition) is 5. The molecule has 0 spiro atoms. The van der Waals surface area contributed by atoms with Gasteiger partial charge in [-0.05, 0) is 37.7 Å². The molecule has 2 amide bonds. The van der Waals surface area contributed by atoms with Gasteiger partial charge in [-0.1, -0.05) is 0 Å². The monoisotopic (exact) mass is 352 g/mol. The lowest BCUT2D eigenvalue weighted by molar-refractivity contribution is 0.249. The molecule has 0 bridgehead atoms. The van der Waals surface area contributed by atoms with Gasteiger partial charge in [-0.25, -0.2) is 13.2 Å². The van der Waals surface area contributed by atoms with Gasteiger partial charge in [0.15, 0.2) is 9.84 Å². The summed E-state index contributed by atoms with van der Waals surface area (Å²) in [5.74, 6) is 0.181. The van der Waals surface area contributed by atoms with Gasteiger partial charge in [0.2, 0.25) is 0 Å². The molecule has 8 heteroatoms. The maximum atomic E-state index is 12.0. The first-order valence-electron chi connectivity index (χ1n) is 8.23. The molecule has 1 atom stereocenters. The minimum absolute atomic E-state index is 0.0305. The highest BCUT2D eigenvalue weighted by Crippen LogP contribution is 2.19.